The second-order valence-electron chi connectivity index (χ2n) is 5.00. The zero-order valence-electron chi connectivity index (χ0n) is 12.4. The first-order valence-electron chi connectivity index (χ1n) is 7.09. The van der Waals surface area contributed by atoms with Crippen molar-refractivity contribution >= 4 is 46.3 Å². The van der Waals surface area contributed by atoms with Gasteiger partial charge in [0.1, 0.15) is 5.70 Å². The molecule has 1 aromatic heterocycles. The molecule has 0 radical (unpaired) electrons. The summed E-state index contributed by atoms with van der Waals surface area (Å²) < 4.78 is 0. The van der Waals surface area contributed by atoms with Gasteiger partial charge >= 0.3 is 0 Å². The number of benzene rings is 1. The number of rotatable bonds is 3. The van der Waals surface area contributed by atoms with Crippen LogP contribution in [0.2, 0.25) is 0 Å². The Hall–Kier alpha value is -1.98. The molecule has 0 bridgehead atoms. The number of hydrogen-bond donors (Lipinski definition) is 0. The standard InChI is InChI=1S/C17H16N2OS2/c1-3-13-9-10-14(22-13)11-15-16(20)19(17(21)18(15)2)12-7-5-4-6-8-12/h4-11H,3H2,1-2H3. The summed E-state index contributed by atoms with van der Waals surface area (Å²) in [5.41, 5.74) is 1.41. The zero-order chi connectivity index (χ0) is 15.7. The molecule has 0 spiro atoms. The van der Waals surface area contributed by atoms with Gasteiger partial charge in [0.2, 0.25) is 0 Å². The van der Waals surface area contributed by atoms with Crippen molar-refractivity contribution in [3.8, 4) is 0 Å². The smallest absolute Gasteiger partial charge is 0.281 e. The summed E-state index contributed by atoms with van der Waals surface area (Å²) in [6.45, 7) is 2.13. The number of likely N-dealkylation sites (N-methyl/N-ethyl adjacent to an activating group) is 1. The Kier molecular flexibility index (Phi) is 4.09. The van der Waals surface area contributed by atoms with E-state index in [4.69, 9.17) is 12.2 Å². The zero-order valence-corrected chi connectivity index (χ0v) is 14.1. The summed E-state index contributed by atoms with van der Waals surface area (Å²) in [7, 11) is 1.84. The minimum Gasteiger partial charge on any atom is -0.317 e. The number of amides is 1. The average Bonchev–Trinajstić information content (AvgIpc) is 3.07. The van der Waals surface area contributed by atoms with Gasteiger partial charge in [-0.3, -0.25) is 9.69 Å². The molecule has 1 aliphatic heterocycles. The van der Waals surface area contributed by atoms with Crippen LogP contribution in [-0.2, 0) is 11.2 Å². The monoisotopic (exact) mass is 328 g/mol. The van der Waals surface area contributed by atoms with E-state index in [0.29, 0.717) is 10.8 Å². The number of para-hydroxylation sites is 1. The summed E-state index contributed by atoms with van der Waals surface area (Å²) in [6, 6.07) is 13.7. The molecule has 1 fully saturated rings. The fourth-order valence-corrected chi connectivity index (χ4v) is 3.53. The van der Waals surface area contributed by atoms with Crippen molar-refractivity contribution in [1.29, 1.82) is 0 Å². The highest BCUT2D eigenvalue weighted by Crippen LogP contribution is 2.29. The van der Waals surface area contributed by atoms with Crippen LogP contribution in [0.15, 0.2) is 48.2 Å². The number of anilines is 1. The Balaban J connectivity index is 1.97. The largest absolute Gasteiger partial charge is 0.317 e. The van der Waals surface area contributed by atoms with Gasteiger partial charge in [0.15, 0.2) is 5.11 Å². The lowest BCUT2D eigenvalue weighted by Gasteiger charge is -2.16. The van der Waals surface area contributed by atoms with Gasteiger partial charge in [0, 0.05) is 16.8 Å². The van der Waals surface area contributed by atoms with Gasteiger partial charge in [-0.1, -0.05) is 25.1 Å². The molecule has 1 saturated heterocycles. The average molecular weight is 328 g/mol. The first kappa shape index (κ1) is 14.9. The molecule has 22 heavy (non-hydrogen) atoms. The summed E-state index contributed by atoms with van der Waals surface area (Å²) in [5.74, 6) is -0.0786. The van der Waals surface area contributed by atoms with Crippen molar-refractivity contribution in [2.24, 2.45) is 0 Å². The third-order valence-corrected chi connectivity index (χ3v) is 5.22. The third kappa shape index (κ3) is 2.58. The third-order valence-electron chi connectivity index (χ3n) is 3.59. The van der Waals surface area contributed by atoms with Gasteiger partial charge < -0.3 is 4.90 Å². The molecule has 1 aliphatic rings. The van der Waals surface area contributed by atoms with Crippen molar-refractivity contribution in [2.75, 3.05) is 11.9 Å². The summed E-state index contributed by atoms with van der Waals surface area (Å²) in [4.78, 5) is 18.5. The van der Waals surface area contributed by atoms with Gasteiger partial charge in [-0.05, 0) is 49.0 Å². The molecule has 0 saturated carbocycles. The molecule has 3 rings (SSSR count). The highest BCUT2D eigenvalue weighted by molar-refractivity contribution is 7.80. The van der Waals surface area contributed by atoms with Crippen LogP contribution in [-0.4, -0.2) is 23.0 Å². The van der Waals surface area contributed by atoms with Crippen LogP contribution >= 0.6 is 23.6 Å². The Morgan fingerprint density at radius 2 is 1.91 bits per heavy atom. The lowest BCUT2D eigenvalue weighted by atomic mass is 10.3. The van der Waals surface area contributed by atoms with Gasteiger partial charge in [0.25, 0.3) is 5.91 Å². The van der Waals surface area contributed by atoms with Crippen LogP contribution in [0, 0.1) is 0 Å². The van der Waals surface area contributed by atoms with Crippen LogP contribution in [0.25, 0.3) is 6.08 Å². The first-order chi connectivity index (χ1) is 10.6. The molecule has 0 aliphatic carbocycles. The van der Waals surface area contributed by atoms with E-state index in [1.807, 2.05) is 49.5 Å². The Bertz CT molecular complexity index is 749. The van der Waals surface area contributed by atoms with E-state index in [2.05, 4.69) is 13.0 Å². The van der Waals surface area contributed by atoms with Crippen LogP contribution < -0.4 is 4.90 Å². The van der Waals surface area contributed by atoms with E-state index in [1.165, 1.54) is 4.88 Å². The summed E-state index contributed by atoms with van der Waals surface area (Å²) in [6.07, 6.45) is 2.92. The minimum atomic E-state index is -0.0786. The van der Waals surface area contributed by atoms with E-state index < -0.39 is 0 Å². The summed E-state index contributed by atoms with van der Waals surface area (Å²) in [5, 5.41) is 0.509. The van der Waals surface area contributed by atoms with Crippen LogP contribution in [0.5, 0.6) is 0 Å². The van der Waals surface area contributed by atoms with Crippen molar-refractivity contribution < 1.29 is 4.79 Å². The maximum Gasteiger partial charge on any atom is 0.281 e. The topological polar surface area (TPSA) is 23.6 Å². The van der Waals surface area contributed by atoms with Gasteiger partial charge in [-0.2, -0.15) is 0 Å². The predicted molar refractivity (Wildman–Crippen MR) is 96.0 cm³/mol. The van der Waals surface area contributed by atoms with Crippen LogP contribution in [0.3, 0.4) is 0 Å². The maximum absolute atomic E-state index is 12.7. The van der Waals surface area contributed by atoms with Gasteiger partial charge in [0.05, 0.1) is 5.69 Å². The Morgan fingerprint density at radius 1 is 1.18 bits per heavy atom. The van der Waals surface area contributed by atoms with Crippen LogP contribution in [0.1, 0.15) is 16.7 Å². The lowest BCUT2D eigenvalue weighted by molar-refractivity contribution is -0.114. The molecule has 112 valence electrons. The fourth-order valence-electron chi connectivity index (χ4n) is 2.36. The van der Waals surface area contributed by atoms with Crippen molar-refractivity contribution in [2.45, 2.75) is 13.3 Å². The van der Waals surface area contributed by atoms with E-state index in [0.717, 1.165) is 17.0 Å². The maximum atomic E-state index is 12.7. The normalized spacial score (nSPS) is 16.9. The van der Waals surface area contributed by atoms with Crippen molar-refractivity contribution in [3.05, 3.63) is 57.9 Å². The quantitative estimate of drug-likeness (QED) is 0.630. The highest BCUT2D eigenvalue weighted by atomic mass is 32.1. The Morgan fingerprint density at radius 3 is 2.55 bits per heavy atom. The molecule has 2 aromatic rings. The number of thiocarbonyl (C=S) groups is 1. The highest BCUT2D eigenvalue weighted by Gasteiger charge is 2.36. The van der Waals surface area contributed by atoms with Crippen molar-refractivity contribution in [1.82, 2.24) is 4.90 Å². The fraction of sp³-hybridized carbons (Fsp3) is 0.176. The number of aryl methyl sites for hydroxylation is 1. The van der Waals surface area contributed by atoms with Gasteiger partial charge in [-0.15, -0.1) is 11.3 Å². The second-order valence-corrected chi connectivity index (χ2v) is 6.57. The molecule has 5 heteroatoms. The first-order valence-corrected chi connectivity index (χ1v) is 8.32. The number of hydrogen-bond acceptors (Lipinski definition) is 3. The molecule has 0 atom stereocenters. The molecule has 3 nitrogen and oxygen atoms in total. The van der Waals surface area contributed by atoms with Crippen LogP contribution in [0.4, 0.5) is 5.69 Å². The molecular weight excluding hydrogens is 312 g/mol. The van der Waals surface area contributed by atoms with Gasteiger partial charge in [-0.25, -0.2) is 0 Å². The minimum absolute atomic E-state index is 0.0786. The number of carbonyl (C=O) groups is 1. The number of thiophene rings is 1. The molecule has 1 amide bonds. The molecule has 0 unspecified atom stereocenters. The Labute approximate surface area is 139 Å². The SMILES string of the molecule is CCc1ccc(C=C2C(=O)N(c3ccccc3)C(=S)N2C)s1. The molecule has 2 heterocycles. The van der Waals surface area contributed by atoms with E-state index >= 15 is 0 Å². The van der Waals surface area contributed by atoms with E-state index in [9.17, 15) is 4.79 Å². The molecule has 0 N–H and O–H groups in total. The summed E-state index contributed by atoms with van der Waals surface area (Å²) >= 11 is 7.14. The lowest BCUT2D eigenvalue weighted by Crippen LogP contribution is -2.30. The van der Waals surface area contributed by atoms with E-state index in [-0.39, 0.29) is 5.91 Å². The predicted octanol–water partition coefficient (Wildman–Crippen LogP) is 3.91. The molecular formula is C17H16N2OS2. The second kappa shape index (κ2) is 6.02. The van der Waals surface area contributed by atoms with E-state index in [1.54, 1.807) is 21.1 Å². The molecule has 1 aromatic carbocycles. The number of carbonyl (C=O) groups excluding carboxylic acids is 1. The number of nitrogens with zero attached hydrogens (tertiary/aromatic N) is 2. The van der Waals surface area contributed by atoms with Crippen molar-refractivity contribution in [3.63, 3.8) is 0 Å².